The Bertz CT molecular complexity index is 148. The molecule has 0 saturated carbocycles. The van der Waals surface area contributed by atoms with Gasteiger partial charge in [-0.15, -0.1) is 0 Å². The average molecular weight is 311 g/mol. The van der Waals surface area contributed by atoms with E-state index in [1.165, 1.54) is 44.9 Å². The molecule has 0 atom stereocenters. The van der Waals surface area contributed by atoms with E-state index >= 15 is 0 Å². The lowest BCUT2D eigenvalue weighted by Crippen LogP contribution is -2.29. The van der Waals surface area contributed by atoms with E-state index in [1.807, 2.05) is 0 Å². The van der Waals surface area contributed by atoms with Gasteiger partial charge in [0.25, 0.3) is 0 Å². The van der Waals surface area contributed by atoms with Crippen molar-refractivity contribution < 1.29 is 9.59 Å². The highest BCUT2D eigenvalue weighted by Gasteiger charge is 2.19. The Morgan fingerprint density at radius 2 is 1.12 bits per heavy atom. The van der Waals surface area contributed by atoms with Crippen LogP contribution in [0.3, 0.4) is 0 Å². The maximum Gasteiger partial charge on any atom is 0.329 e. The first-order chi connectivity index (χ1) is 7.56. The summed E-state index contributed by atoms with van der Waals surface area (Å²) in [5.74, 6) is 0. The third-order valence-electron chi connectivity index (χ3n) is 2.78. The number of halogens is 1. The molecule has 0 radical (unpaired) electrons. The molecule has 4 heteroatoms. The maximum atomic E-state index is 9.23. The molecule has 0 unspecified atom stereocenters. The largest absolute Gasteiger partial charge is 0.411 e. The second kappa shape index (κ2) is 10.8. The summed E-state index contributed by atoms with van der Waals surface area (Å²) in [6.45, 7) is 1.59. The molecule has 0 bridgehead atoms. The average Bonchev–Trinajstić information content (AvgIpc) is 2.19. The molecule has 0 spiro atoms. The zero-order valence-corrected chi connectivity index (χ0v) is 13.1. The van der Waals surface area contributed by atoms with E-state index in [2.05, 4.69) is 15.9 Å². The van der Waals surface area contributed by atoms with E-state index in [1.54, 1.807) is 6.55 Å². The zero-order valence-electron chi connectivity index (χ0n) is 10.6. The van der Waals surface area contributed by atoms with Gasteiger partial charge in [0.1, 0.15) is 0 Å². The smallest absolute Gasteiger partial charge is 0.329 e. The highest BCUT2D eigenvalue weighted by molar-refractivity contribution is 9.09. The molecule has 2 N–H and O–H groups in total. The minimum atomic E-state index is -2.75. The highest BCUT2D eigenvalue weighted by atomic mass is 79.9. The van der Waals surface area contributed by atoms with Crippen LogP contribution in [-0.4, -0.2) is 23.5 Å². The van der Waals surface area contributed by atoms with E-state index in [9.17, 15) is 9.59 Å². The summed E-state index contributed by atoms with van der Waals surface area (Å²) < 4.78 is 0. The summed E-state index contributed by atoms with van der Waals surface area (Å²) in [5.41, 5.74) is 0. The van der Waals surface area contributed by atoms with E-state index in [-0.39, 0.29) is 0 Å². The summed E-state index contributed by atoms with van der Waals surface area (Å²) in [7, 11) is -2.75. The fraction of sp³-hybridized carbons (Fsp3) is 1.00. The van der Waals surface area contributed by atoms with Gasteiger partial charge in [-0.3, -0.25) is 0 Å². The van der Waals surface area contributed by atoms with Crippen molar-refractivity contribution in [1.82, 2.24) is 0 Å². The molecule has 0 aromatic heterocycles. The van der Waals surface area contributed by atoms with Gasteiger partial charge in [-0.05, 0) is 19.0 Å². The van der Waals surface area contributed by atoms with Gasteiger partial charge in [0, 0.05) is 5.33 Å². The molecule has 0 saturated heterocycles. The third-order valence-corrected chi connectivity index (χ3v) is 4.65. The van der Waals surface area contributed by atoms with Crippen LogP contribution in [0.5, 0.6) is 0 Å². The fourth-order valence-corrected chi connectivity index (χ4v) is 3.11. The molecular formula is C12H27BrO2Si. The van der Waals surface area contributed by atoms with Crippen molar-refractivity contribution in [2.24, 2.45) is 0 Å². The number of unbranched alkanes of at least 4 members (excludes halogenated alkanes) is 8. The molecule has 0 rings (SSSR count). The highest BCUT2D eigenvalue weighted by Crippen LogP contribution is 2.13. The molecule has 0 aliphatic rings. The normalized spacial score (nSPS) is 12.0. The SMILES string of the molecule is C[Si](O)(O)CCCCCCCCCCCBr. The monoisotopic (exact) mass is 310 g/mol. The lowest BCUT2D eigenvalue weighted by atomic mass is 10.1. The molecule has 0 aromatic rings. The molecule has 0 aromatic carbocycles. The minimum absolute atomic E-state index is 0.637. The lowest BCUT2D eigenvalue weighted by Gasteiger charge is -2.10. The van der Waals surface area contributed by atoms with Crippen LogP contribution in [0.2, 0.25) is 12.6 Å². The van der Waals surface area contributed by atoms with Crippen LogP contribution in [0.25, 0.3) is 0 Å². The van der Waals surface area contributed by atoms with Crippen molar-refractivity contribution in [3.8, 4) is 0 Å². The van der Waals surface area contributed by atoms with Crippen LogP contribution in [-0.2, 0) is 0 Å². The van der Waals surface area contributed by atoms with Gasteiger partial charge in [-0.25, -0.2) is 0 Å². The van der Waals surface area contributed by atoms with Crippen LogP contribution < -0.4 is 0 Å². The first-order valence-corrected chi connectivity index (χ1v) is 10.3. The molecular weight excluding hydrogens is 284 g/mol. The van der Waals surface area contributed by atoms with Crippen molar-refractivity contribution >= 4 is 24.5 Å². The molecule has 0 amide bonds. The maximum absolute atomic E-state index is 9.23. The van der Waals surface area contributed by atoms with Crippen LogP contribution in [0, 0.1) is 0 Å². The molecule has 0 aliphatic heterocycles. The van der Waals surface area contributed by atoms with Crippen LogP contribution in [0.4, 0.5) is 0 Å². The predicted molar refractivity (Wildman–Crippen MR) is 76.2 cm³/mol. The van der Waals surface area contributed by atoms with Gasteiger partial charge in [-0.2, -0.15) is 0 Å². The Morgan fingerprint density at radius 1 is 0.750 bits per heavy atom. The van der Waals surface area contributed by atoms with Gasteiger partial charge in [0.15, 0.2) is 0 Å². The van der Waals surface area contributed by atoms with Gasteiger partial charge >= 0.3 is 8.56 Å². The Labute approximate surface area is 110 Å². The van der Waals surface area contributed by atoms with Crippen molar-refractivity contribution in [2.45, 2.75) is 70.4 Å². The second-order valence-electron chi connectivity index (χ2n) is 4.84. The summed E-state index contributed by atoms with van der Waals surface area (Å²) in [6.07, 6.45) is 11.4. The van der Waals surface area contributed by atoms with E-state index in [0.29, 0.717) is 6.04 Å². The van der Waals surface area contributed by atoms with Crippen molar-refractivity contribution in [2.75, 3.05) is 5.33 Å². The van der Waals surface area contributed by atoms with Crippen LogP contribution in [0.1, 0.15) is 57.8 Å². The van der Waals surface area contributed by atoms with E-state index in [0.717, 1.165) is 18.2 Å². The Hall–Kier alpha value is 0.617. The first-order valence-electron chi connectivity index (χ1n) is 6.57. The van der Waals surface area contributed by atoms with Gasteiger partial charge < -0.3 is 9.59 Å². The molecule has 0 aliphatic carbocycles. The first kappa shape index (κ1) is 16.6. The zero-order chi connectivity index (χ0) is 12.3. The Morgan fingerprint density at radius 3 is 1.50 bits per heavy atom. The number of hydrogen-bond donors (Lipinski definition) is 2. The van der Waals surface area contributed by atoms with Crippen molar-refractivity contribution in [1.29, 1.82) is 0 Å². The topological polar surface area (TPSA) is 40.5 Å². The standard InChI is InChI=1S/C12H27BrO2Si/c1-16(14,15)12-10-8-6-4-2-3-5-7-9-11-13/h14-15H,2-12H2,1H3. The summed E-state index contributed by atoms with van der Waals surface area (Å²) in [4.78, 5) is 18.5. The lowest BCUT2D eigenvalue weighted by molar-refractivity contribution is 0.366. The fourth-order valence-electron chi connectivity index (χ4n) is 1.79. The quantitative estimate of drug-likeness (QED) is 0.344. The predicted octanol–water partition coefficient (Wildman–Crippen LogP) is 3.95. The van der Waals surface area contributed by atoms with E-state index in [4.69, 9.17) is 0 Å². The Kier molecular flexibility index (Phi) is 11.2. The summed E-state index contributed by atoms with van der Waals surface area (Å²) in [5, 5.41) is 1.14. The molecule has 0 fully saturated rings. The number of hydrogen-bond acceptors (Lipinski definition) is 2. The van der Waals surface area contributed by atoms with Crippen LogP contribution >= 0.6 is 15.9 Å². The molecule has 0 heterocycles. The van der Waals surface area contributed by atoms with Gasteiger partial charge in [0.2, 0.25) is 0 Å². The number of alkyl halides is 1. The van der Waals surface area contributed by atoms with E-state index < -0.39 is 8.56 Å². The summed E-state index contributed by atoms with van der Waals surface area (Å²) in [6, 6.07) is 0.637. The minimum Gasteiger partial charge on any atom is -0.411 e. The van der Waals surface area contributed by atoms with Crippen LogP contribution in [0.15, 0.2) is 0 Å². The molecule has 98 valence electrons. The van der Waals surface area contributed by atoms with Gasteiger partial charge in [-0.1, -0.05) is 67.3 Å². The van der Waals surface area contributed by atoms with Crippen molar-refractivity contribution in [3.05, 3.63) is 0 Å². The van der Waals surface area contributed by atoms with Gasteiger partial charge in [0.05, 0.1) is 0 Å². The van der Waals surface area contributed by atoms with Crippen molar-refractivity contribution in [3.63, 3.8) is 0 Å². The molecule has 2 nitrogen and oxygen atoms in total. The second-order valence-corrected chi connectivity index (χ2v) is 8.56. The molecule has 16 heavy (non-hydrogen) atoms. The number of rotatable bonds is 11. The Balaban J connectivity index is 2.99. The summed E-state index contributed by atoms with van der Waals surface area (Å²) >= 11 is 3.44. The third kappa shape index (κ3) is 14.6.